The largest absolute Gasteiger partial charge is 0.339 e. The highest BCUT2D eigenvalue weighted by atomic mass is 35.5. The van der Waals surface area contributed by atoms with E-state index in [-0.39, 0.29) is 0 Å². The van der Waals surface area contributed by atoms with E-state index in [1.54, 1.807) is 6.20 Å². The molecule has 1 aliphatic heterocycles. The Morgan fingerprint density at radius 3 is 3.06 bits per heavy atom. The van der Waals surface area contributed by atoms with Gasteiger partial charge in [-0.05, 0) is 18.8 Å². The highest BCUT2D eigenvalue weighted by Gasteiger charge is 2.38. The molecule has 1 aliphatic carbocycles. The van der Waals surface area contributed by atoms with Gasteiger partial charge in [0.1, 0.15) is 9.34 Å². The third kappa shape index (κ3) is 2.84. The van der Waals surface area contributed by atoms with Gasteiger partial charge < -0.3 is 10.2 Å². The molecule has 4 nitrogen and oxygen atoms in total. The first-order valence-corrected chi connectivity index (χ1v) is 7.52. The van der Waals surface area contributed by atoms with Gasteiger partial charge in [0.05, 0.1) is 6.20 Å². The molecule has 0 radical (unpaired) electrons. The molecule has 1 amide bonds. The Hall–Kier alpha value is -0.650. The van der Waals surface area contributed by atoms with Crippen molar-refractivity contribution in [2.45, 2.75) is 31.8 Å². The second kappa shape index (κ2) is 5.15. The summed E-state index contributed by atoms with van der Waals surface area (Å²) in [4.78, 5) is 18.0. The number of carbonyl (C=O) groups excluding carboxylic acids is 1. The van der Waals surface area contributed by atoms with Crippen LogP contribution in [-0.4, -0.2) is 34.9 Å². The molecule has 1 atom stereocenters. The van der Waals surface area contributed by atoms with Crippen molar-refractivity contribution in [3.8, 4) is 0 Å². The van der Waals surface area contributed by atoms with Gasteiger partial charge in [-0.25, -0.2) is 4.98 Å². The number of amides is 1. The second-order valence-electron chi connectivity index (χ2n) is 5.04. The molecular formula is C12H16ClN3OS. The number of aromatic nitrogens is 1. The number of hydrogen-bond donors (Lipinski definition) is 1. The summed E-state index contributed by atoms with van der Waals surface area (Å²) in [5, 5.41) is 4.37. The minimum absolute atomic E-state index is 0.335. The Morgan fingerprint density at radius 2 is 2.39 bits per heavy atom. The van der Waals surface area contributed by atoms with E-state index >= 15 is 0 Å². The van der Waals surface area contributed by atoms with Crippen molar-refractivity contribution in [2.75, 3.05) is 13.1 Å². The number of rotatable bonds is 5. The molecule has 1 N–H and O–H groups in total. The van der Waals surface area contributed by atoms with Gasteiger partial charge in [-0.2, -0.15) is 0 Å². The van der Waals surface area contributed by atoms with Gasteiger partial charge in [-0.1, -0.05) is 11.6 Å². The molecule has 3 rings (SSSR count). The molecule has 0 unspecified atom stereocenters. The molecule has 1 aromatic rings. The summed E-state index contributed by atoms with van der Waals surface area (Å²) in [6, 6.07) is 0.556. The summed E-state index contributed by atoms with van der Waals surface area (Å²) in [5.41, 5.74) is 0. The summed E-state index contributed by atoms with van der Waals surface area (Å²) < 4.78 is 0.725. The average molecular weight is 286 g/mol. The van der Waals surface area contributed by atoms with Crippen LogP contribution in [0.1, 0.15) is 24.3 Å². The van der Waals surface area contributed by atoms with Gasteiger partial charge >= 0.3 is 0 Å². The molecule has 2 fully saturated rings. The molecule has 6 heteroatoms. The standard InChI is InChI=1S/C12H16ClN3OS/c13-10-5-15-11(18-10)6-14-4-8-3-12(17)16(7-8)9-1-2-9/h5,8-9,14H,1-4,6-7H2/t8-/m1/s1. The van der Waals surface area contributed by atoms with Crippen molar-refractivity contribution in [3.05, 3.63) is 15.5 Å². The minimum Gasteiger partial charge on any atom is -0.339 e. The van der Waals surface area contributed by atoms with E-state index in [9.17, 15) is 4.79 Å². The van der Waals surface area contributed by atoms with Crippen LogP contribution in [0.3, 0.4) is 0 Å². The van der Waals surface area contributed by atoms with Gasteiger partial charge in [0.15, 0.2) is 0 Å². The van der Waals surface area contributed by atoms with Crippen LogP contribution in [0.15, 0.2) is 6.20 Å². The highest BCUT2D eigenvalue weighted by Crippen LogP contribution is 2.32. The Balaban J connectivity index is 1.42. The number of thiazole rings is 1. The van der Waals surface area contributed by atoms with Crippen molar-refractivity contribution < 1.29 is 4.79 Å². The Bertz CT molecular complexity index is 446. The zero-order valence-electron chi connectivity index (χ0n) is 10.1. The first-order chi connectivity index (χ1) is 8.72. The summed E-state index contributed by atoms with van der Waals surface area (Å²) in [6.45, 7) is 2.55. The molecule has 2 heterocycles. The molecule has 0 spiro atoms. The van der Waals surface area contributed by atoms with Crippen molar-refractivity contribution in [1.82, 2.24) is 15.2 Å². The summed E-state index contributed by atoms with van der Waals surface area (Å²) in [6.07, 6.45) is 4.77. The third-order valence-corrected chi connectivity index (χ3v) is 4.58. The van der Waals surface area contributed by atoms with Gasteiger partial charge in [-0.3, -0.25) is 4.79 Å². The van der Waals surface area contributed by atoms with Crippen LogP contribution in [0.2, 0.25) is 4.34 Å². The normalized spacial score (nSPS) is 23.9. The molecule has 18 heavy (non-hydrogen) atoms. The van der Waals surface area contributed by atoms with Gasteiger partial charge in [0.2, 0.25) is 5.91 Å². The SMILES string of the molecule is O=C1C[C@H](CNCc2ncc(Cl)s2)CN1C1CC1. The van der Waals surface area contributed by atoms with Gasteiger partial charge in [-0.15, -0.1) is 11.3 Å². The number of hydrogen-bond acceptors (Lipinski definition) is 4. The van der Waals surface area contributed by atoms with Crippen LogP contribution in [0.5, 0.6) is 0 Å². The smallest absolute Gasteiger partial charge is 0.223 e. The maximum absolute atomic E-state index is 11.8. The van der Waals surface area contributed by atoms with Gasteiger partial charge in [0, 0.05) is 32.1 Å². The lowest BCUT2D eigenvalue weighted by molar-refractivity contribution is -0.128. The lowest BCUT2D eigenvalue weighted by atomic mass is 10.1. The Labute approximate surface area is 115 Å². The number of nitrogens with zero attached hydrogens (tertiary/aromatic N) is 2. The summed E-state index contributed by atoms with van der Waals surface area (Å²) in [5.74, 6) is 0.787. The first-order valence-electron chi connectivity index (χ1n) is 6.33. The fourth-order valence-electron chi connectivity index (χ4n) is 2.44. The van der Waals surface area contributed by atoms with Crippen molar-refractivity contribution in [2.24, 2.45) is 5.92 Å². The Kier molecular flexibility index (Phi) is 3.54. The lowest BCUT2D eigenvalue weighted by Crippen LogP contribution is -2.29. The maximum Gasteiger partial charge on any atom is 0.223 e. The van der Waals surface area contributed by atoms with E-state index in [1.807, 2.05) is 0 Å². The molecule has 1 saturated heterocycles. The van der Waals surface area contributed by atoms with Crippen LogP contribution >= 0.6 is 22.9 Å². The van der Waals surface area contributed by atoms with Crippen LogP contribution in [0.4, 0.5) is 0 Å². The van der Waals surface area contributed by atoms with Crippen LogP contribution in [0, 0.1) is 5.92 Å². The van der Waals surface area contributed by atoms with Crippen LogP contribution < -0.4 is 5.32 Å². The van der Waals surface area contributed by atoms with E-state index in [0.29, 0.717) is 24.3 Å². The molecular weight excluding hydrogens is 270 g/mol. The Morgan fingerprint density at radius 1 is 1.56 bits per heavy atom. The predicted molar refractivity (Wildman–Crippen MR) is 71.7 cm³/mol. The number of halogens is 1. The number of nitrogens with one attached hydrogen (secondary N) is 1. The summed E-state index contributed by atoms with van der Waals surface area (Å²) >= 11 is 7.32. The monoisotopic (exact) mass is 285 g/mol. The molecule has 2 aliphatic rings. The fourth-order valence-corrected chi connectivity index (χ4v) is 3.36. The molecule has 0 aromatic carbocycles. The second-order valence-corrected chi connectivity index (χ2v) is 6.78. The molecule has 0 bridgehead atoms. The van der Waals surface area contributed by atoms with Crippen LogP contribution in [-0.2, 0) is 11.3 Å². The van der Waals surface area contributed by atoms with Crippen molar-refractivity contribution in [1.29, 1.82) is 0 Å². The van der Waals surface area contributed by atoms with E-state index < -0.39 is 0 Å². The molecule has 1 saturated carbocycles. The third-order valence-electron chi connectivity index (χ3n) is 3.46. The number of carbonyl (C=O) groups is 1. The molecule has 98 valence electrons. The minimum atomic E-state index is 0.335. The van der Waals surface area contributed by atoms with Gasteiger partial charge in [0.25, 0.3) is 0 Å². The zero-order chi connectivity index (χ0) is 12.5. The first kappa shape index (κ1) is 12.4. The van der Waals surface area contributed by atoms with Crippen molar-refractivity contribution in [3.63, 3.8) is 0 Å². The van der Waals surface area contributed by atoms with Crippen LogP contribution in [0.25, 0.3) is 0 Å². The predicted octanol–water partition coefficient (Wildman–Crippen LogP) is 1.90. The zero-order valence-corrected chi connectivity index (χ0v) is 11.6. The van der Waals surface area contributed by atoms with E-state index in [1.165, 1.54) is 24.2 Å². The molecule has 1 aromatic heterocycles. The lowest BCUT2D eigenvalue weighted by Gasteiger charge is -2.15. The fraction of sp³-hybridized carbons (Fsp3) is 0.667. The quantitative estimate of drug-likeness (QED) is 0.899. The maximum atomic E-state index is 11.8. The van der Waals surface area contributed by atoms with E-state index in [2.05, 4.69) is 15.2 Å². The number of likely N-dealkylation sites (tertiary alicyclic amines) is 1. The summed E-state index contributed by atoms with van der Waals surface area (Å²) in [7, 11) is 0. The van der Waals surface area contributed by atoms with E-state index in [4.69, 9.17) is 11.6 Å². The topological polar surface area (TPSA) is 45.2 Å². The van der Waals surface area contributed by atoms with Crippen molar-refractivity contribution >= 4 is 28.8 Å². The average Bonchev–Trinajstić information content (AvgIpc) is 3.00. The highest BCUT2D eigenvalue weighted by molar-refractivity contribution is 7.15. The van der Waals surface area contributed by atoms with E-state index in [0.717, 1.165) is 29.0 Å².